The highest BCUT2D eigenvalue weighted by atomic mass is 15.0. The van der Waals surface area contributed by atoms with Gasteiger partial charge in [0, 0.05) is 11.4 Å². The van der Waals surface area contributed by atoms with Gasteiger partial charge in [-0.15, -0.1) is 0 Å². The van der Waals surface area contributed by atoms with E-state index < -0.39 is 0 Å². The van der Waals surface area contributed by atoms with Crippen LogP contribution < -0.4 is 22.5 Å². The highest BCUT2D eigenvalue weighted by Crippen LogP contribution is 2.46. The minimum Gasteiger partial charge on any atom is -0.399 e. The molecule has 3 aromatic carbocycles. The van der Waals surface area contributed by atoms with E-state index in [1.165, 1.54) is 27.8 Å². The van der Waals surface area contributed by atoms with Crippen molar-refractivity contribution in [2.45, 2.75) is 18.4 Å². The second-order valence-corrected chi connectivity index (χ2v) is 7.24. The first-order valence-electron chi connectivity index (χ1n) is 9.43. The Kier molecular flexibility index (Phi) is 4.60. The summed E-state index contributed by atoms with van der Waals surface area (Å²) in [6.45, 7) is 1.49. The lowest BCUT2D eigenvalue weighted by atomic mass is 9.69. The molecule has 27 heavy (non-hydrogen) atoms. The molecule has 4 rings (SSSR count). The Hall–Kier alpha value is -2.82. The van der Waals surface area contributed by atoms with Crippen molar-refractivity contribution in [1.29, 1.82) is 0 Å². The summed E-state index contributed by atoms with van der Waals surface area (Å²) in [6, 6.07) is 23.0. The SMILES string of the molecule is NCCCNC1(c2ccccc2)Cc2cc(N)ccc2-c2ccc(N)cc21. The Bertz CT molecular complexity index is 952. The average molecular weight is 358 g/mol. The van der Waals surface area contributed by atoms with E-state index in [4.69, 9.17) is 17.2 Å². The van der Waals surface area contributed by atoms with E-state index in [9.17, 15) is 0 Å². The van der Waals surface area contributed by atoms with Crippen LogP contribution in [-0.2, 0) is 12.0 Å². The molecule has 0 saturated carbocycles. The van der Waals surface area contributed by atoms with Gasteiger partial charge in [-0.2, -0.15) is 0 Å². The van der Waals surface area contributed by atoms with Crippen molar-refractivity contribution in [2.24, 2.45) is 5.73 Å². The van der Waals surface area contributed by atoms with Gasteiger partial charge in [-0.05, 0) is 78.0 Å². The summed E-state index contributed by atoms with van der Waals surface area (Å²) >= 11 is 0. The van der Waals surface area contributed by atoms with Gasteiger partial charge < -0.3 is 22.5 Å². The van der Waals surface area contributed by atoms with Crippen LogP contribution in [0.15, 0.2) is 66.7 Å². The molecule has 0 heterocycles. The molecule has 1 unspecified atom stereocenters. The predicted molar refractivity (Wildman–Crippen MR) is 113 cm³/mol. The fourth-order valence-electron chi connectivity index (χ4n) is 4.20. The van der Waals surface area contributed by atoms with Crippen molar-refractivity contribution in [3.05, 3.63) is 83.4 Å². The van der Waals surface area contributed by atoms with E-state index in [0.29, 0.717) is 6.54 Å². The number of hydrogen-bond donors (Lipinski definition) is 4. The van der Waals surface area contributed by atoms with E-state index in [0.717, 1.165) is 30.8 Å². The van der Waals surface area contributed by atoms with Crippen molar-refractivity contribution in [3.8, 4) is 11.1 Å². The Morgan fingerprint density at radius 2 is 1.56 bits per heavy atom. The van der Waals surface area contributed by atoms with Gasteiger partial charge in [-0.3, -0.25) is 0 Å². The number of nitrogens with one attached hydrogen (secondary N) is 1. The standard InChI is InChI=1S/C23H26N4/c24-11-4-12-27-23(17-5-2-1-3-6-17)15-16-13-18(25)7-9-20(16)21-10-8-19(26)14-22(21)23/h1-3,5-10,13-14,27H,4,11-12,15,24-26H2. The Balaban J connectivity index is 1.97. The Labute approximate surface area is 160 Å². The smallest absolute Gasteiger partial charge is 0.0738 e. The number of hydrogen-bond acceptors (Lipinski definition) is 4. The molecule has 0 amide bonds. The predicted octanol–water partition coefficient (Wildman–Crippen LogP) is 3.26. The van der Waals surface area contributed by atoms with E-state index in [-0.39, 0.29) is 5.54 Å². The molecule has 3 aromatic rings. The van der Waals surface area contributed by atoms with Gasteiger partial charge >= 0.3 is 0 Å². The number of rotatable bonds is 5. The van der Waals surface area contributed by atoms with Gasteiger partial charge in [0.25, 0.3) is 0 Å². The molecule has 4 nitrogen and oxygen atoms in total. The van der Waals surface area contributed by atoms with Crippen LogP contribution in [0.3, 0.4) is 0 Å². The topological polar surface area (TPSA) is 90.1 Å². The van der Waals surface area contributed by atoms with Gasteiger partial charge in [-0.1, -0.05) is 42.5 Å². The molecule has 0 fully saturated rings. The van der Waals surface area contributed by atoms with Crippen molar-refractivity contribution in [3.63, 3.8) is 0 Å². The summed E-state index contributed by atoms with van der Waals surface area (Å²) in [5.41, 5.74) is 25.4. The highest BCUT2D eigenvalue weighted by molar-refractivity contribution is 5.79. The largest absolute Gasteiger partial charge is 0.399 e. The first kappa shape index (κ1) is 17.6. The maximum atomic E-state index is 6.21. The minimum atomic E-state index is -0.359. The summed E-state index contributed by atoms with van der Waals surface area (Å²) in [5, 5.41) is 3.82. The monoisotopic (exact) mass is 358 g/mol. The lowest BCUT2D eigenvalue weighted by Crippen LogP contribution is -2.48. The third kappa shape index (κ3) is 3.07. The summed E-state index contributed by atoms with van der Waals surface area (Å²) < 4.78 is 0. The molecule has 138 valence electrons. The first-order valence-corrected chi connectivity index (χ1v) is 9.43. The molecule has 0 radical (unpaired) electrons. The quantitative estimate of drug-likeness (QED) is 0.416. The van der Waals surface area contributed by atoms with Crippen molar-refractivity contribution >= 4 is 11.4 Å². The third-order valence-corrected chi connectivity index (χ3v) is 5.45. The molecule has 0 bridgehead atoms. The van der Waals surface area contributed by atoms with Gasteiger partial charge in [-0.25, -0.2) is 0 Å². The van der Waals surface area contributed by atoms with Crippen LogP contribution in [0, 0.1) is 0 Å². The maximum Gasteiger partial charge on any atom is 0.0738 e. The number of nitrogens with two attached hydrogens (primary N) is 3. The van der Waals surface area contributed by atoms with Gasteiger partial charge in [0.05, 0.1) is 5.54 Å². The van der Waals surface area contributed by atoms with Crippen LogP contribution in [0.1, 0.15) is 23.1 Å². The lowest BCUT2D eigenvalue weighted by molar-refractivity contribution is 0.392. The average Bonchev–Trinajstić information content (AvgIpc) is 2.68. The molecular weight excluding hydrogens is 332 g/mol. The van der Waals surface area contributed by atoms with Gasteiger partial charge in [0.15, 0.2) is 0 Å². The molecule has 1 aliphatic carbocycles. The van der Waals surface area contributed by atoms with E-state index in [1.54, 1.807) is 0 Å². The maximum absolute atomic E-state index is 6.21. The van der Waals surface area contributed by atoms with Crippen LogP contribution in [0.4, 0.5) is 11.4 Å². The number of benzene rings is 3. The van der Waals surface area contributed by atoms with E-state index >= 15 is 0 Å². The molecular formula is C23H26N4. The minimum absolute atomic E-state index is 0.359. The second-order valence-electron chi connectivity index (χ2n) is 7.24. The summed E-state index contributed by atoms with van der Waals surface area (Å²) in [4.78, 5) is 0. The number of nitrogen functional groups attached to an aromatic ring is 2. The summed E-state index contributed by atoms with van der Waals surface area (Å²) in [7, 11) is 0. The zero-order valence-corrected chi connectivity index (χ0v) is 15.4. The molecule has 1 aliphatic rings. The number of fused-ring (bicyclic) bond motifs is 3. The summed E-state index contributed by atoms with van der Waals surface area (Å²) in [5.74, 6) is 0. The lowest BCUT2D eigenvalue weighted by Gasteiger charge is -2.42. The van der Waals surface area contributed by atoms with Gasteiger partial charge in [0.1, 0.15) is 0 Å². The molecule has 0 spiro atoms. The van der Waals surface area contributed by atoms with Crippen molar-refractivity contribution in [1.82, 2.24) is 5.32 Å². The molecule has 0 aromatic heterocycles. The summed E-state index contributed by atoms with van der Waals surface area (Å²) in [6.07, 6.45) is 1.73. The third-order valence-electron chi connectivity index (χ3n) is 5.45. The van der Waals surface area contributed by atoms with Crippen molar-refractivity contribution in [2.75, 3.05) is 24.6 Å². The number of anilines is 2. The van der Waals surface area contributed by atoms with Crippen molar-refractivity contribution < 1.29 is 0 Å². The van der Waals surface area contributed by atoms with E-state index in [2.05, 4.69) is 53.8 Å². The van der Waals surface area contributed by atoms with Crippen LogP contribution in [-0.4, -0.2) is 13.1 Å². The molecule has 1 atom stereocenters. The zero-order chi connectivity index (χ0) is 18.9. The molecule has 4 heteroatoms. The van der Waals surface area contributed by atoms with Gasteiger partial charge in [0.2, 0.25) is 0 Å². The van der Waals surface area contributed by atoms with Crippen LogP contribution >= 0.6 is 0 Å². The zero-order valence-electron chi connectivity index (χ0n) is 15.4. The second kappa shape index (κ2) is 7.06. The normalized spacial score (nSPS) is 18.0. The Morgan fingerprint density at radius 1 is 0.852 bits per heavy atom. The van der Waals surface area contributed by atoms with Crippen LogP contribution in [0.2, 0.25) is 0 Å². The molecule has 0 aliphatic heterocycles. The molecule has 0 saturated heterocycles. The van der Waals surface area contributed by atoms with Crippen LogP contribution in [0.25, 0.3) is 11.1 Å². The fourth-order valence-corrected chi connectivity index (χ4v) is 4.20. The molecule has 7 N–H and O–H groups in total. The van der Waals surface area contributed by atoms with Crippen LogP contribution in [0.5, 0.6) is 0 Å². The van der Waals surface area contributed by atoms with E-state index in [1.807, 2.05) is 18.2 Å². The Morgan fingerprint density at radius 3 is 2.30 bits per heavy atom. The first-order chi connectivity index (χ1) is 13.1. The fraction of sp³-hybridized carbons (Fsp3) is 0.217. The highest BCUT2D eigenvalue weighted by Gasteiger charge is 2.40.